The smallest absolute Gasteiger partial charge is 0.385 e. The maximum absolute atomic E-state index is 15.0. The quantitative estimate of drug-likeness (QED) is 0.426. The molecule has 0 spiro atoms. The number of amidine groups is 1. The molecule has 2 atom stereocenters. The molecule has 1 aromatic carbocycles. The van der Waals surface area contributed by atoms with Crippen molar-refractivity contribution < 1.29 is 38.7 Å². The van der Waals surface area contributed by atoms with Crippen molar-refractivity contribution in [3.63, 3.8) is 0 Å². The molecule has 2 aromatic rings. The monoisotopic (exact) mass is 530 g/mol. The van der Waals surface area contributed by atoms with Crippen molar-refractivity contribution in [1.82, 2.24) is 4.98 Å². The van der Waals surface area contributed by atoms with E-state index >= 15 is 0 Å². The van der Waals surface area contributed by atoms with Gasteiger partial charge in [-0.15, -0.1) is 0 Å². The van der Waals surface area contributed by atoms with Gasteiger partial charge in [-0.05, 0) is 37.6 Å². The fourth-order valence-electron chi connectivity index (χ4n) is 4.05. The normalized spacial score (nSPS) is 26.6. The van der Waals surface area contributed by atoms with Gasteiger partial charge in [0.05, 0.1) is 25.7 Å². The van der Waals surface area contributed by atoms with Crippen LogP contribution in [0.5, 0.6) is 0 Å². The van der Waals surface area contributed by atoms with Crippen molar-refractivity contribution in [2.45, 2.75) is 50.6 Å². The molecule has 4 rings (SSSR count). The number of aliphatic imine (C=N–C) groups is 1. The zero-order chi connectivity index (χ0) is 30.8. The second-order valence-electron chi connectivity index (χ2n) is 8.84. The van der Waals surface area contributed by atoms with Gasteiger partial charge < -0.3 is 15.2 Å². The maximum Gasteiger partial charge on any atom is 0.424 e. The van der Waals surface area contributed by atoms with Gasteiger partial charge in [-0.25, -0.2) is 9.37 Å². The lowest BCUT2D eigenvalue weighted by Gasteiger charge is -2.41. The van der Waals surface area contributed by atoms with E-state index in [2.05, 4.69) is 14.7 Å². The van der Waals surface area contributed by atoms with Gasteiger partial charge in [-0.3, -0.25) is 9.79 Å². The number of carbonyl (C=O) groups is 1. The van der Waals surface area contributed by atoms with Crippen LogP contribution in [0.25, 0.3) is 5.03 Å². The third kappa shape index (κ3) is 4.53. The minimum absolute atomic E-state index is 0.186. The zero-order valence-electron chi connectivity index (χ0n) is 24.1. The highest BCUT2D eigenvalue weighted by molar-refractivity contribution is 6.49. The number of carbonyl (C=O) groups excluding carboxylic acids is 1. The summed E-state index contributed by atoms with van der Waals surface area (Å²) in [7, 11) is -3.16. The van der Waals surface area contributed by atoms with E-state index in [9.17, 15) is 22.4 Å². The molecule has 0 fully saturated rings. The van der Waals surface area contributed by atoms with E-state index in [1.807, 2.05) is 0 Å². The first-order chi connectivity index (χ1) is 18.7. The van der Waals surface area contributed by atoms with E-state index in [4.69, 9.17) is 28.9 Å². The summed E-state index contributed by atoms with van der Waals surface area (Å²) in [5.74, 6) is -2.49. The van der Waals surface area contributed by atoms with Crippen LogP contribution >= 0.6 is 11.6 Å². The molecule has 1 aliphatic heterocycles. The number of methoxy groups -OCH3 is 1. The number of rotatable bonds is 6. The highest BCUT2D eigenvalue weighted by atomic mass is 35.5. The van der Waals surface area contributed by atoms with Gasteiger partial charge >= 0.3 is 6.18 Å². The van der Waals surface area contributed by atoms with E-state index < -0.39 is 72.6 Å². The highest BCUT2D eigenvalue weighted by Crippen LogP contribution is 2.41. The van der Waals surface area contributed by atoms with E-state index in [0.717, 1.165) is 13.0 Å². The van der Waals surface area contributed by atoms with Crippen molar-refractivity contribution in [3.8, 4) is 0 Å². The first-order valence-corrected chi connectivity index (χ1v) is 11.0. The van der Waals surface area contributed by atoms with Crippen LogP contribution in [-0.2, 0) is 34.4 Å². The Morgan fingerprint density at radius 2 is 2.11 bits per heavy atom. The largest absolute Gasteiger partial charge is 0.424 e. The first-order valence-electron chi connectivity index (χ1n) is 13.2. The van der Waals surface area contributed by atoms with Crippen LogP contribution in [0.3, 0.4) is 0 Å². The second-order valence-corrected chi connectivity index (χ2v) is 9.25. The zero-order valence-corrected chi connectivity index (χ0v) is 19.9. The summed E-state index contributed by atoms with van der Waals surface area (Å²) in [5, 5.41) is 0.241. The number of nitrogens with zero attached hydrogens (tertiary/aromatic N) is 2. The molecule has 0 radical (unpaired) electrons. The van der Waals surface area contributed by atoms with Crippen LogP contribution in [0.2, 0.25) is 0 Å². The van der Waals surface area contributed by atoms with Gasteiger partial charge in [0.2, 0.25) is 5.60 Å². The summed E-state index contributed by atoms with van der Waals surface area (Å²) in [4.78, 5) is 21.7. The SMILES string of the molecule is [2H]C([2H])([2H])OC([2H])([2H])c1cc2c(nc1C(=O)Cc1ccc(F)c([C@]3(C)CO[C@@](C)(C(F)(F)F)C(N)=N3)c1)CC=C2Cl. The Balaban J connectivity index is 1.72. The number of allylic oxidation sites excluding steroid dienone is 1. The summed E-state index contributed by atoms with van der Waals surface area (Å²) >= 11 is 6.17. The second kappa shape index (κ2) is 9.24. The fourth-order valence-corrected chi connectivity index (χ4v) is 4.29. The molecule has 2 aliphatic rings. The fraction of sp³-hybridized carbons (Fsp3) is 0.400. The van der Waals surface area contributed by atoms with Crippen molar-refractivity contribution in [2.24, 2.45) is 10.7 Å². The molecule has 2 N–H and O–H groups in total. The minimum atomic E-state index is -4.87. The predicted molar refractivity (Wildman–Crippen MR) is 126 cm³/mol. The third-order valence-electron chi connectivity index (χ3n) is 6.27. The average molecular weight is 531 g/mol. The number of halogens is 5. The number of hydrogen-bond donors (Lipinski definition) is 1. The molecule has 192 valence electrons. The molecule has 0 bridgehead atoms. The van der Waals surface area contributed by atoms with E-state index in [1.165, 1.54) is 25.1 Å². The Hall–Kier alpha value is -2.82. The molecule has 1 aliphatic carbocycles. The van der Waals surface area contributed by atoms with Crippen LogP contribution in [0.4, 0.5) is 17.6 Å². The molecule has 36 heavy (non-hydrogen) atoms. The Bertz CT molecular complexity index is 1480. The number of aromatic nitrogens is 1. The summed E-state index contributed by atoms with van der Waals surface area (Å²) in [6, 6.07) is 4.70. The number of ether oxygens (including phenoxy) is 2. The van der Waals surface area contributed by atoms with Crippen LogP contribution < -0.4 is 5.73 Å². The molecule has 2 heterocycles. The van der Waals surface area contributed by atoms with E-state index in [-0.39, 0.29) is 22.6 Å². The summed E-state index contributed by atoms with van der Waals surface area (Å²) < 4.78 is 104. The molecular weight excluding hydrogens is 502 g/mol. The number of alkyl halides is 3. The van der Waals surface area contributed by atoms with Crippen LogP contribution in [0, 0.1) is 5.82 Å². The lowest BCUT2D eigenvalue weighted by atomic mass is 9.88. The molecular formula is C25H24ClF4N3O3. The van der Waals surface area contributed by atoms with Crippen molar-refractivity contribution >= 4 is 28.3 Å². The molecule has 0 saturated heterocycles. The van der Waals surface area contributed by atoms with Gasteiger partial charge in [-0.1, -0.05) is 23.7 Å². The summed E-state index contributed by atoms with van der Waals surface area (Å²) in [6.45, 7) is -1.60. The van der Waals surface area contributed by atoms with Gasteiger partial charge in [0.25, 0.3) is 0 Å². The van der Waals surface area contributed by atoms with E-state index in [0.29, 0.717) is 11.3 Å². The van der Waals surface area contributed by atoms with Gasteiger partial charge in [-0.2, -0.15) is 13.2 Å². The topological polar surface area (TPSA) is 86.8 Å². The molecule has 6 nitrogen and oxygen atoms in total. The molecule has 1 aromatic heterocycles. The lowest BCUT2D eigenvalue weighted by Crippen LogP contribution is -2.60. The standard InChI is InChI=1S/C25H24ClF4N3O3/c1-23(12-36-24(2,22(31)33-23)25(28,29)30)16-8-13(4-6-18(16)27)9-20(34)21-14(11-35-3)10-15-17(26)5-7-19(15)32-21/h4-6,8,10H,7,9,11-12H2,1-3H3,(H2,31,33)/t23-,24+/m0/s1/i3D3,11D2. The number of Topliss-reactive ketones (excluding diaryl/α,β-unsaturated/α-hetero) is 1. The van der Waals surface area contributed by atoms with Crippen molar-refractivity contribution in [2.75, 3.05) is 13.6 Å². The van der Waals surface area contributed by atoms with Crippen molar-refractivity contribution in [1.29, 1.82) is 0 Å². The number of nitrogens with two attached hydrogens (primary N) is 1. The van der Waals surface area contributed by atoms with Gasteiger partial charge in [0, 0.05) is 41.6 Å². The number of hydrogen-bond acceptors (Lipinski definition) is 6. The van der Waals surface area contributed by atoms with Crippen LogP contribution in [0.15, 0.2) is 35.3 Å². The maximum atomic E-state index is 15.0. The third-order valence-corrected chi connectivity index (χ3v) is 6.63. The highest BCUT2D eigenvalue weighted by Gasteiger charge is 2.59. The van der Waals surface area contributed by atoms with E-state index in [1.54, 1.807) is 6.08 Å². The molecule has 0 amide bonds. The lowest BCUT2D eigenvalue weighted by molar-refractivity contribution is -0.249. The predicted octanol–water partition coefficient (Wildman–Crippen LogP) is 4.85. The summed E-state index contributed by atoms with van der Waals surface area (Å²) in [5.41, 5.74) is 0.891. The first kappa shape index (κ1) is 20.3. The van der Waals surface area contributed by atoms with Gasteiger partial charge in [0.1, 0.15) is 22.9 Å². The van der Waals surface area contributed by atoms with Crippen LogP contribution in [0.1, 0.15) is 59.1 Å². The minimum Gasteiger partial charge on any atom is -0.385 e. The number of ketones is 1. The van der Waals surface area contributed by atoms with Crippen LogP contribution in [-0.4, -0.2) is 42.0 Å². The number of benzene rings is 1. The number of pyridine rings is 1. The number of fused-ring (bicyclic) bond motifs is 1. The molecule has 11 heteroatoms. The summed E-state index contributed by atoms with van der Waals surface area (Å²) in [6.07, 6.45) is -3.50. The average Bonchev–Trinajstić information content (AvgIpc) is 3.19. The Labute approximate surface area is 217 Å². The van der Waals surface area contributed by atoms with Gasteiger partial charge in [0.15, 0.2) is 5.78 Å². The Morgan fingerprint density at radius 3 is 2.78 bits per heavy atom. The Kier molecular flexibility index (Phi) is 5.20. The molecule has 0 saturated carbocycles. The Morgan fingerprint density at radius 1 is 1.36 bits per heavy atom. The molecule has 0 unspecified atom stereocenters. The van der Waals surface area contributed by atoms with Crippen molar-refractivity contribution in [3.05, 3.63) is 69.8 Å².